The van der Waals surface area contributed by atoms with Gasteiger partial charge >= 0.3 is 0 Å². The summed E-state index contributed by atoms with van der Waals surface area (Å²) >= 11 is 0. The summed E-state index contributed by atoms with van der Waals surface area (Å²) in [5, 5.41) is 6.75. The second kappa shape index (κ2) is 9.57. The maximum Gasteiger partial charge on any atom is 0.191 e. The number of guanidine groups is 1. The van der Waals surface area contributed by atoms with Gasteiger partial charge in [0.05, 0.1) is 6.26 Å². The molecule has 1 atom stereocenters. The van der Waals surface area contributed by atoms with E-state index in [2.05, 4.69) is 39.4 Å². The molecule has 1 aromatic heterocycles. The largest absolute Gasteiger partial charge is 0.469 e. The Morgan fingerprint density at radius 2 is 2.09 bits per heavy atom. The van der Waals surface area contributed by atoms with E-state index in [4.69, 9.17) is 4.42 Å². The van der Waals surface area contributed by atoms with Gasteiger partial charge in [-0.25, -0.2) is 0 Å². The number of hydrogen-bond donors (Lipinski definition) is 2. The Kier molecular flexibility index (Phi) is 7.42. The van der Waals surface area contributed by atoms with Gasteiger partial charge in [0.2, 0.25) is 0 Å². The van der Waals surface area contributed by atoms with Gasteiger partial charge in [-0.2, -0.15) is 0 Å². The van der Waals surface area contributed by atoms with E-state index in [1.54, 1.807) is 6.26 Å². The third kappa shape index (κ3) is 6.62. The molecule has 1 fully saturated rings. The lowest BCUT2D eigenvalue weighted by Crippen LogP contribution is -2.47. The molecule has 0 aliphatic carbocycles. The summed E-state index contributed by atoms with van der Waals surface area (Å²) in [6, 6.07) is 3.92. The summed E-state index contributed by atoms with van der Waals surface area (Å²) in [4.78, 5) is 9.23. The molecule has 1 aliphatic rings. The summed E-state index contributed by atoms with van der Waals surface area (Å²) in [5.41, 5.74) is 0. The standard InChI is InChI=1S/C17H31N5O/c1-15(14-22-10-8-21(3)9-11-22)13-20-17(18-2)19-7-6-16-5-4-12-23-16/h4-5,12,15H,6-11,13-14H2,1-3H3,(H2,18,19,20). The van der Waals surface area contributed by atoms with E-state index >= 15 is 0 Å². The lowest BCUT2D eigenvalue weighted by Gasteiger charge is -2.34. The van der Waals surface area contributed by atoms with E-state index in [1.165, 1.54) is 26.2 Å². The molecule has 1 saturated heterocycles. The molecule has 6 heteroatoms. The quantitative estimate of drug-likeness (QED) is 0.576. The second-order valence-corrected chi connectivity index (χ2v) is 6.42. The molecule has 2 rings (SSSR count). The fourth-order valence-corrected chi connectivity index (χ4v) is 2.79. The zero-order chi connectivity index (χ0) is 16.5. The van der Waals surface area contributed by atoms with Crippen LogP contribution < -0.4 is 10.6 Å². The Bertz CT molecular complexity index is 452. The van der Waals surface area contributed by atoms with E-state index in [-0.39, 0.29) is 0 Å². The number of furan rings is 1. The van der Waals surface area contributed by atoms with Crippen LogP contribution in [0.1, 0.15) is 12.7 Å². The minimum Gasteiger partial charge on any atom is -0.469 e. The van der Waals surface area contributed by atoms with Crippen molar-refractivity contribution in [1.29, 1.82) is 0 Å². The van der Waals surface area contributed by atoms with Crippen LogP contribution in [0.25, 0.3) is 0 Å². The van der Waals surface area contributed by atoms with Gasteiger partial charge < -0.3 is 24.9 Å². The van der Waals surface area contributed by atoms with E-state index in [9.17, 15) is 0 Å². The number of piperazine rings is 1. The third-order valence-electron chi connectivity index (χ3n) is 4.25. The fraction of sp³-hybridized carbons (Fsp3) is 0.706. The summed E-state index contributed by atoms with van der Waals surface area (Å²) < 4.78 is 5.33. The van der Waals surface area contributed by atoms with Crippen molar-refractivity contribution in [2.24, 2.45) is 10.9 Å². The first kappa shape index (κ1) is 17.8. The summed E-state index contributed by atoms with van der Waals surface area (Å²) in [6.07, 6.45) is 2.58. The molecule has 0 aromatic carbocycles. The molecule has 2 heterocycles. The lowest BCUT2D eigenvalue weighted by molar-refractivity contribution is 0.139. The first-order valence-corrected chi connectivity index (χ1v) is 8.55. The van der Waals surface area contributed by atoms with E-state index in [0.717, 1.165) is 37.8 Å². The van der Waals surface area contributed by atoms with Gasteiger partial charge in [0.15, 0.2) is 5.96 Å². The first-order valence-electron chi connectivity index (χ1n) is 8.55. The highest BCUT2D eigenvalue weighted by atomic mass is 16.3. The normalized spacial score (nSPS) is 18.8. The second-order valence-electron chi connectivity index (χ2n) is 6.42. The Hall–Kier alpha value is -1.53. The molecule has 0 spiro atoms. The molecule has 6 nitrogen and oxygen atoms in total. The van der Waals surface area contributed by atoms with Crippen LogP contribution >= 0.6 is 0 Å². The molecule has 1 aliphatic heterocycles. The highest BCUT2D eigenvalue weighted by molar-refractivity contribution is 5.79. The van der Waals surface area contributed by atoms with Crippen LogP contribution in [0.4, 0.5) is 0 Å². The summed E-state index contributed by atoms with van der Waals surface area (Å²) in [6.45, 7) is 9.90. The van der Waals surface area contributed by atoms with Crippen molar-refractivity contribution in [2.45, 2.75) is 13.3 Å². The maximum absolute atomic E-state index is 5.33. The lowest BCUT2D eigenvalue weighted by atomic mass is 10.1. The van der Waals surface area contributed by atoms with Gasteiger partial charge in [-0.05, 0) is 25.1 Å². The van der Waals surface area contributed by atoms with Gasteiger partial charge in [-0.1, -0.05) is 6.92 Å². The zero-order valence-electron chi connectivity index (χ0n) is 14.7. The Labute approximate surface area is 139 Å². The van der Waals surface area contributed by atoms with Gasteiger partial charge in [-0.3, -0.25) is 4.99 Å². The van der Waals surface area contributed by atoms with Gasteiger partial charge in [-0.15, -0.1) is 0 Å². The molecule has 0 radical (unpaired) electrons. The number of aliphatic imine (C=N–C) groups is 1. The monoisotopic (exact) mass is 321 g/mol. The van der Waals surface area contributed by atoms with Crippen LogP contribution in [-0.2, 0) is 6.42 Å². The topological polar surface area (TPSA) is 56.0 Å². The van der Waals surface area contributed by atoms with Crippen molar-refractivity contribution in [2.75, 3.05) is 59.9 Å². The number of hydrogen-bond acceptors (Lipinski definition) is 4. The van der Waals surface area contributed by atoms with Crippen molar-refractivity contribution in [1.82, 2.24) is 20.4 Å². The molecule has 23 heavy (non-hydrogen) atoms. The Morgan fingerprint density at radius 1 is 1.30 bits per heavy atom. The Balaban J connectivity index is 1.60. The van der Waals surface area contributed by atoms with Crippen LogP contribution in [0.15, 0.2) is 27.8 Å². The van der Waals surface area contributed by atoms with Crippen LogP contribution in [0.3, 0.4) is 0 Å². The molecular weight excluding hydrogens is 290 g/mol. The predicted octanol–water partition coefficient (Wildman–Crippen LogP) is 0.871. The number of rotatable bonds is 7. The molecular formula is C17H31N5O. The van der Waals surface area contributed by atoms with E-state index < -0.39 is 0 Å². The zero-order valence-corrected chi connectivity index (χ0v) is 14.7. The number of nitrogens with zero attached hydrogens (tertiary/aromatic N) is 3. The molecule has 130 valence electrons. The molecule has 1 aromatic rings. The maximum atomic E-state index is 5.33. The summed E-state index contributed by atoms with van der Waals surface area (Å²) in [7, 11) is 4.01. The summed E-state index contributed by atoms with van der Waals surface area (Å²) in [5.74, 6) is 2.46. The first-order chi connectivity index (χ1) is 11.2. The van der Waals surface area contributed by atoms with E-state index in [1.807, 2.05) is 19.2 Å². The highest BCUT2D eigenvalue weighted by Gasteiger charge is 2.16. The van der Waals surface area contributed by atoms with Crippen LogP contribution in [0, 0.1) is 5.92 Å². The fourth-order valence-electron chi connectivity index (χ4n) is 2.79. The smallest absolute Gasteiger partial charge is 0.191 e. The average molecular weight is 321 g/mol. The number of likely N-dealkylation sites (N-methyl/N-ethyl adjacent to an activating group) is 1. The van der Waals surface area contributed by atoms with Crippen LogP contribution in [0.5, 0.6) is 0 Å². The van der Waals surface area contributed by atoms with Gasteiger partial charge in [0.1, 0.15) is 5.76 Å². The molecule has 0 bridgehead atoms. The molecule has 0 amide bonds. The average Bonchev–Trinajstić information content (AvgIpc) is 3.06. The number of nitrogens with one attached hydrogen (secondary N) is 2. The predicted molar refractivity (Wildman–Crippen MR) is 94.9 cm³/mol. The van der Waals surface area contributed by atoms with Crippen molar-refractivity contribution in [3.05, 3.63) is 24.2 Å². The molecule has 0 saturated carbocycles. The third-order valence-corrected chi connectivity index (χ3v) is 4.25. The van der Waals surface area contributed by atoms with E-state index in [0.29, 0.717) is 5.92 Å². The van der Waals surface area contributed by atoms with Crippen molar-refractivity contribution < 1.29 is 4.42 Å². The molecule has 1 unspecified atom stereocenters. The minimum atomic E-state index is 0.599. The van der Waals surface area contributed by atoms with Gasteiger partial charge in [0.25, 0.3) is 0 Å². The minimum absolute atomic E-state index is 0.599. The highest BCUT2D eigenvalue weighted by Crippen LogP contribution is 2.04. The van der Waals surface area contributed by atoms with Crippen LogP contribution in [0.2, 0.25) is 0 Å². The SMILES string of the molecule is CN=C(NCCc1ccco1)NCC(C)CN1CCN(C)CC1. The van der Waals surface area contributed by atoms with Crippen molar-refractivity contribution >= 4 is 5.96 Å². The van der Waals surface area contributed by atoms with Crippen molar-refractivity contribution in [3.63, 3.8) is 0 Å². The van der Waals surface area contributed by atoms with Crippen molar-refractivity contribution in [3.8, 4) is 0 Å². The Morgan fingerprint density at radius 3 is 2.74 bits per heavy atom. The van der Waals surface area contributed by atoms with Gasteiger partial charge in [0, 0.05) is 59.3 Å². The van der Waals surface area contributed by atoms with Crippen LogP contribution in [-0.4, -0.2) is 75.7 Å². The molecule has 2 N–H and O–H groups in total.